The zero-order chi connectivity index (χ0) is 11.6. The van der Waals surface area contributed by atoms with Gasteiger partial charge in [-0.1, -0.05) is 0 Å². The Morgan fingerprint density at radius 2 is 2.07 bits per heavy atom. The number of carbonyl (C=O) groups is 1. The smallest absolute Gasteiger partial charge is 0.323 e. The van der Waals surface area contributed by atoms with Gasteiger partial charge in [-0.2, -0.15) is 0 Å². The van der Waals surface area contributed by atoms with Crippen molar-refractivity contribution in [2.45, 2.75) is 33.7 Å². The van der Waals surface area contributed by atoms with Crippen molar-refractivity contribution < 1.29 is 4.79 Å². The Bertz CT molecular complexity index is 340. The van der Waals surface area contributed by atoms with Gasteiger partial charge in [0.1, 0.15) is 0 Å². The minimum absolute atomic E-state index is 0.112. The van der Waals surface area contributed by atoms with Gasteiger partial charge in [-0.3, -0.25) is 4.90 Å². The summed E-state index contributed by atoms with van der Waals surface area (Å²) in [5, 5.41) is 3.56. The first kappa shape index (κ1) is 12.0. The molecule has 2 amide bonds. The summed E-state index contributed by atoms with van der Waals surface area (Å²) in [7, 11) is 1.73. The second-order valence-electron chi connectivity index (χ2n) is 3.80. The summed E-state index contributed by atoms with van der Waals surface area (Å²) in [5.74, 6) is 0. The van der Waals surface area contributed by atoms with E-state index < -0.39 is 0 Å². The van der Waals surface area contributed by atoms with Gasteiger partial charge in [0.25, 0.3) is 0 Å². The number of thiazole rings is 1. The van der Waals surface area contributed by atoms with Gasteiger partial charge in [0.05, 0.1) is 5.69 Å². The van der Waals surface area contributed by atoms with E-state index in [0.29, 0.717) is 0 Å². The fourth-order valence-electron chi connectivity index (χ4n) is 1.03. The van der Waals surface area contributed by atoms with E-state index in [1.807, 2.05) is 27.7 Å². The number of rotatable bonds is 2. The van der Waals surface area contributed by atoms with Crippen molar-refractivity contribution in [2.24, 2.45) is 0 Å². The molecule has 0 radical (unpaired) electrons. The maximum atomic E-state index is 11.7. The average molecular weight is 227 g/mol. The number of amides is 2. The van der Waals surface area contributed by atoms with Crippen molar-refractivity contribution in [3.8, 4) is 0 Å². The largest absolute Gasteiger partial charge is 0.335 e. The third kappa shape index (κ3) is 2.92. The minimum Gasteiger partial charge on any atom is -0.335 e. The maximum absolute atomic E-state index is 11.7. The summed E-state index contributed by atoms with van der Waals surface area (Å²) in [6.07, 6.45) is 0. The van der Waals surface area contributed by atoms with Crippen molar-refractivity contribution in [2.75, 3.05) is 11.9 Å². The third-order valence-electron chi connectivity index (χ3n) is 2.02. The molecule has 0 saturated carbocycles. The molecule has 84 valence electrons. The van der Waals surface area contributed by atoms with Crippen molar-refractivity contribution in [1.29, 1.82) is 0 Å². The predicted molar refractivity (Wildman–Crippen MR) is 63.7 cm³/mol. The van der Waals surface area contributed by atoms with Crippen LogP contribution in [0.25, 0.3) is 0 Å². The second-order valence-corrected chi connectivity index (χ2v) is 4.98. The lowest BCUT2D eigenvalue weighted by atomic mass is 10.4. The molecule has 0 unspecified atom stereocenters. The van der Waals surface area contributed by atoms with Crippen LogP contribution in [0.3, 0.4) is 0 Å². The molecule has 1 aromatic rings. The van der Waals surface area contributed by atoms with Crippen molar-refractivity contribution >= 4 is 22.5 Å². The van der Waals surface area contributed by atoms with E-state index in [9.17, 15) is 4.79 Å². The Hall–Kier alpha value is -1.10. The number of carbonyl (C=O) groups excluding carboxylic acids is 1. The molecule has 0 bridgehead atoms. The Labute approximate surface area is 94.3 Å². The zero-order valence-corrected chi connectivity index (χ0v) is 10.6. The molecule has 0 saturated heterocycles. The van der Waals surface area contributed by atoms with Crippen molar-refractivity contribution in [1.82, 2.24) is 10.3 Å². The van der Waals surface area contributed by atoms with E-state index in [4.69, 9.17) is 0 Å². The average Bonchev–Trinajstić information content (AvgIpc) is 2.44. The Morgan fingerprint density at radius 1 is 1.47 bits per heavy atom. The molecule has 1 heterocycles. The molecule has 1 rings (SSSR count). The highest BCUT2D eigenvalue weighted by atomic mass is 32.1. The van der Waals surface area contributed by atoms with Crippen LogP contribution in [0, 0.1) is 13.8 Å². The van der Waals surface area contributed by atoms with Gasteiger partial charge in [0.15, 0.2) is 5.13 Å². The summed E-state index contributed by atoms with van der Waals surface area (Å²) in [4.78, 5) is 18.7. The number of nitrogens with one attached hydrogen (secondary N) is 1. The van der Waals surface area contributed by atoms with E-state index in [-0.39, 0.29) is 12.1 Å². The van der Waals surface area contributed by atoms with Gasteiger partial charge in [-0.05, 0) is 27.7 Å². The number of hydrogen-bond donors (Lipinski definition) is 1. The SMILES string of the molecule is Cc1nc(N(C)C(=O)NC(C)C)sc1C. The molecule has 15 heavy (non-hydrogen) atoms. The van der Waals surface area contributed by atoms with Crippen molar-refractivity contribution in [3.63, 3.8) is 0 Å². The van der Waals surface area contributed by atoms with Crippen LogP contribution in [0.4, 0.5) is 9.93 Å². The minimum atomic E-state index is -0.112. The van der Waals surface area contributed by atoms with Gasteiger partial charge >= 0.3 is 6.03 Å². The Morgan fingerprint density at radius 3 is 2.47 bits per heavy atom. The number of hydrogen-bond acceptors (Lipinski definition) is 3. The predicted octanol–water partition coefficient (Wildman–Crippen LogP) is 2.31. The Balaban J connectivity index is 2.76. The van der Waals surface area contributed by atoms with Gasteiger partial charge in [0.2, 0.25) is 0 Å². The second kappa shape index (κ2) is 4.61. The maximum Gasteiger partial charge on any atom is 0.323 e. The zero-order valence-electron chi connectivity index (χ0n) is 9.79. The molecule has 5 heteroatoms. The molecule has 0 fully saturated rings. The monoisotopic (exact) mass is 227 g/mol. The Kier molecular flexibility index (Phi) is 3.68. The van der Waals surface area contributed by atoms with Crippen LogP contribution in [0.5, 0.6) is 0 Å². The summed E-state index contributed by atoms with van der Waals surface area (Å²) in [5.41, 5.74) is 0.985. The van der Waals surface area contributed by atoms with Crippen LogP contribution in [-0.2, 0) is 0 Å². The molecule has 4 nitrogen and oxygen atoms in total. The van der Waals surface area contributed by atoms with Crippen LogP contribution in [0.2, 0.25) is 0 Å². The summed E-state index contributed by atoms with van der Waals surface area (Å²) in [6.45, 7) is 7.82. The lowest BCUT2D eigenvalue weighted by Crippen LogP contribution is -2.40. The lowest BCUT2D eigenvalue weighted by molar-refractivity contribution is 0.245. The van der Waals surface area contributed by atoms with Crippen molar-refractivity contribution in [3.05, 3.63) is 10.6 Å². The molecule has 0 aliphatic rings. The van der Waals surface area contributed by atoms with Crippen LogP contribution in [-0.4, -0.2) is 24.1 Å². The van der Waals surface area contributed by atoms with E-state index in [0.717, 1.165) is 15.7 Å². The number of aryl methyl sites for hydroxylation is 2. The molecular formula is C10H17N3OS. The van der Waals surface area contributed by atoms with Gasteiger partial charge in [-0.15, -0.1) is 11.3 Å². The number of urea groups is 1. The molecule has 0 aliphatic heterocycles. The molecule has 0 spiro atoms. The summed E-state index contributed by atoms with van der Waals surface area (Å²) < 4.78 is 0. The van der Waals surface area contributed by atoms with Gasteiger partial charge in [0, 0.05) is 18.0 Å². The van der Waals surface area contributed by atoms with Gasteiger partial charge < -0.3 is 5.32 Å². The fourth-order valence-corrected chi connectivity index (χ4v) is 1.90. The van der Waals surface area contributed by atoms with Crippen LogP contribution < -0.4 is 10.2 Å². The molecule has 1 aromatic heterocycles. The highest BCUT2D eigenvalue weighted by Crippen LogP contribution is 2.24. The lowest BCUT2D eigenvalue weighted by Gasteiger charge is -2.16. The molecule has 0 aliphatic carbocycles. The van der Waals surface area contributed by atoms with Crippen LogP contribution in [0.15, 0.2) is 0 Å². The third-order valence-corrected chi connectivity index (χ3v) is 3.17. The highest BCUT2D eigenvalue weighted by Gasteiger charge is 2.15. The number of anilines is 1. The van der Waals surface area contributed by atoms with Gasteiger partial charge in [-0.25, -0.2) is 9.78 Å². The van der Waals surface area contributed by atoms with Crippen LogP contribution >= 0.6 is 11.3 Å². The van der Waals surface area contributed by atoms with E-state index >= 15 is 0 Å². The molecule has 0 aromatic carbocycles. The highest BCUT2D eigenvalue weighted by molar-refractivity contribution is 7.15. The van der Waals surface area contributed by atoms with Crippen LogP contribution in [0.1, 0.15) is 24.4 Å². The summed E-state index contributed by atoms with van der Waals surface area (Å²) in [6, 6.07) is 0.0286. The molecule has 0 atom stereocenters. The first-order valence-electron chi connectivity index (χ1n) is 4.90. The topological polar surface area (TPSA) is 45.2 Å². The number of nitrogens with zero attached hydrogens (tertiary/aromatic N) is 2. The standard InChI is InChI=1S/C10H17N3OS/c1-6(2)11-9(14)13(5)10-12-7(3)8(4)15-10/h6H,1-5H3,(H,11,14). The number of aromatic nitrogens is 1. The van der Waals surface area contributed by atoms with E-state index in [2.05, 4.69) is 10.3 Å². The normalized spacial score (nSPS) is 10.5. The quantitative estimate of drug-likeness (QED) is 0.842. The first-order chi connectivity index (χ1) is 6.91. The summed E-state index contributed by atoms with van der Waals surface area (Å²) >= 11 is 1.53. The van der Waals surface area contributed by atoms with E-state index in [1.54, 1.807) is 11.9 Å². The fraction of sp³-hybridized carbons (Fsp3) is 0.600. The molecular weight excluding hydrogens is 210 g/mol. The first-order valence-corrected chi connectivity index (χ1v) is 5.71. The van der Waals surface area contributed by atoms with E-state index in [1.165, 1.54) is 11.3 Å². The molecule has 1 N–H and O–H groups in total.